The van der Waals surface area contributed by atoms with Crippen molar-refractivity contribution >= 4 is 18.0 Å². The number of benzene rings is 1. The molecule has 0 bridgehead atoms. The normalized spacial score (nSPS) is 25.1. The molecule has 27 heavy (non-hydrogen) atoms. The molecule has 0 radical (unpaired) electrons. The van der Waals surface area contributed by atoms with Crippen molar-refractivity contribution in [3.05, 3.63) is 41.5 Å². The summed E-state index contributed by atoms with van der Waals surface area (Å²) in [4.78, 5) is 20.3. The quantitative estimate of drug-likeness (QED) is 0.746. The molecule has 1 saturated heterocycles. The Bertz CT molecular complexity index is 689. The minimum Gasteiger partial charge on any atom is -0.475 e. The molecule has 2 fully saturated rings. The molecule has 3 rings (SSSR count). The van der Waals surface area contributed by atoms with Gasteiger partial charge in [0.15, 0.2) is 0 Å². The summed E-state index contributed by atoms with van der Waals surface area (Å²) in [7, 11) is 0. The molecule has 148 valence electrons. The SMILES string of the molecule is C/C(=C\c1ccccc1)C1CC1NC1CCNC(=O)C1.O=C(O)C(F)(F)F. The second kappa shape index (κ2) is 9.03. The predicted octanol–water partition coefficient (Wildman–Crippen LogP) is 2.98. The van der Waals surface area contributed by atoms with E-state index in [1.807, 2.05) is 6.07 Å². The molecule has 1 aliphatic heterocycles. The average molecular weight is 384 g/mol. The number of hydrogen-bond donors (Lipinski definition) is 3. The third-order valence-electron chi connectivity index (χ3n) is 4.51. The molecular formula is C19H23F3N2O3. The fourth-order valence-corrected chi connectivity index (χ4v) is 3.03. The number of rotatable bonds is 4. The highest BCUT2D eigenvalue weighted by Crippen LogP contribution is 2.38. The van der Waals surface area contributed by atoms with Crippen LogP contribution < -0.4 is 10.6 Å². The number of halogens is 3. The van der Waals surface area contributed by atoms with Gasteiger partial charge in [-0.05, 0) is 31.2 Å². The Hall–Kier alpha value is -2.35. The molecule has 5 nitrogen and oxygen atoms in total. The van der Waals surface area contributed by atoms with Gasteiger partial charge in [0, 0.05) is 25.0 Å². The lowest BCUT2D eigenvalue weighted by molar-refractivity contribution is -0.192. The van der Waals surface area contributed by atoms with Crippen LogP contribution in [-0.4, -0.2) is 41.8 Å². The smallest absolute Gasteiger partial charge is 0.475 e. The number of alkyl halides is 3. The van der Waals surface area contributed by atoms with E-state index in [1.54, 1.807) is 0 Å². The summed E-state index contributed by atoms with van der Waals surface area (Å²) in [5.74, 6) is -1.94. The number of amides is 1. The monoisotopic (exact) mass is 384 g/mol. The molecule has 2 aliphatic rings. The van der Waals surface area contributed by atoms with E-state index < -0.39 is 12.1 Å². The molecule has 3 unspecified atom stereocenters. The number of carboxylic acids is 1. The van der Waals surface area contributed by atoms with Gasteiger partial charge in [0.05, 0.1) is 0 Å². The summed E-state index contributed by atoms with van der Waals surface area (Å²) in [6, 6.07) is 11.4. The second-order valence-electron chi connectivity index (χ2n) is 6.76. The summed E-state index contributed by atoms with van der Waals surface area (Å²) < 4.78 is 31.7. The van der Waals surface area contributed by atoms with E-state index in [0.717, 1.165) is 13.0 Å². The van der Waals surface area contributed by atoms with Crippen molar-refractivity contribution in [2.45, 2.75) is 44.4 Å². The molecule has 1 saturated carbocycles. The highest BCUT2D eigenvalue weighted by molar-refractivity contribution is 5.77. The molecule has 1 aromatic rings. The van der Waals surface area contributed by atoms with Gasteiger partial charge in [-0.2, -0.15) is 13.2 Å². The van der Waals surface area contributed by atoms with Gasteiger partial charge in [0.2, 0.25) is 5.91 Å². The first-order chi connectivity index (χ1) is 12.7. The summed E-state index contributed by atoms with van der Waals surface area (Å²) in [5.41, 5.74) is 2.71. The fourth-order valence-electron chi connectivity index (χ4n) is 3.03. The van der Waals surface area contributed by atoms with Crippen molar-refractivity contribution in [3.63, 3.8) is 0 Å². The van der Waals surface area contributed by atoms with Crippen molar-refractivity contribution < 1.29 is 27.9 Å². The first kappa shape index (κ1) is 21.0. The first-order valence-electron chi connectivity index (χ1n) is 8.73. The van der Waals surface area contributed by atoms with E-state index in [1.165, 1.54) is 17.6 Å². The van der Waals surface area contributed by atoms with Gasteiger partial charge < -0.3 is 15.7 Å². The topological polar surface area (TPSA) is 78.4 Å². The Balaban J connectivity index is 0.000000321. The summed E-state index contributed by atoms with van der Waals surface area (Å²) in [5, 5.41) is 13.6. The Morgan fingerprint density at radius 2 is 1.93 bits per heavy atom. The van der Waals surface area contributed by atoms with Crippen LogP contribution in [0.15, 0.2) is 35.9 Å². The molecule has 3 atom stereocenters. The van der Waals surface area contributed by atoms with E-state index in [2.05, 4.69) is 47.9 Å². The predicted molar refractivity (Wildman–Crippen MR) is 94.8 cm³/mol. The first-order valence-corrected chi connectivity index (χ1v) is 8.73. The van der Waals surface area contributed by atoms with E-state index in [9.17, 15) is 18.0 Å². The number of aliphatic carboxylic acids is 1. The number of nitrogens with one attached hydrogen (secondary N) is 2. The van der Waals surface area contributed by atoms with Gasteiger partial charge in [-0.25, -0.2) is 4.79 Å². The molecule has 3 N–H and O–H groups in total. The Morgan fingerprint density at radius 1 is 1.30 bits per heavy atom. The van der Waals surface area contributed by atoms with Gasteiger partial charge in [0.25, 0.3) is 0 Å². The lowest BCUT2D eigenvalue weighted by Crippen LogP contribution is -2.44. The standard InChI is InChI=1S/C17H22N2O.C2HF3O2/c1-12(9-13-5-3-2-4-6-13)15-11-16(15)19-14-7-8-18-17(20)10-14;3-2(4,5)1(6)7/h2-6,9,14-16,19H,7-8,10-11H2,1H3,(H,18,20);(H,6,7)/b12-9+;. The van der Waals surface area contributed by atoms with Crippen molar-refractivity contribution in [3.8, 4) is 0 Å². The molecule has 0 spiro atoms. The third-order valence-corrected chi connectivity index (χ3v) is 4.51. The average Bonchev–Trinajstić information content (AvgIpc) is 3.35. The number of hydrogen-bond acceptors (Lipinski definition) is 3. The van der Waals surface area contributed by atoms with E-state index >= 15 is 0 Å². The lowest BCUT2D eigenvalue weighted by atomic mass is 10.1. The van der Waals surface area contributed by atoms with Crippen LogP contribution in [0.25, 0.3) is 6.08 Å². The van der Waals surface area contributed by atoms with Crippen LogP contribution in [0.4, 0.5) is 13.2 Å². The van der Waals surface area contributed by atoms with Gasteiger partial charge in [-0.3, -0.25) is 4.79 Å². The second-order valence-corrected chi connectivity index (χ2v) is 6.76. The Morgan fingerprint density at radius 3 is 2.48 bits per heavy atom. The molecular weight excluding hydrogens is 361 g/mol. The van der Waals surface area contributed by atoms with Crippen molar-refractivity contribution in [2.24, 2.45) is 5.92 Å². The van der Waals surface area contributed by atoms with E-state index in [0.29, 0.717) is 24.4 Å². The highest BCUT2D eigenvalue weighted by atomic mass is 19.4. The van der Waals surface area contributed by atoms with Gasteiger partial charge in [-0.1, -0.05) is 42.0 Å². The number of piperidine rings is 1. The minimum absolute atomic E-state index is 0.183. The van der Waals surface area contributed by atoms with E-state index in [-0.39, 0.29) is 5.91 Å². The Kier molecular flexibility index (Phi) is 7.01. The maximum absolute atomic E-state index is 11.4. The third kappa shape index (κ3) is 7.05. The zero-order valence-electron chi connectivity index (χ0n) is 14.9. The number of carbonyl (C=O) groups excluding carboxylic acids is 1. The van der Waals surface area contributed by atoms with Crippen molar-refractivity contribution in [2.75, 3.05) is 6.54 Å². The molecule has 1 aromatic carbocycles. The van der Waals surface area contributed by atoms with Crippen LogP contribution in [0.2, 0.25) is 0 Å². The maximum atomic E-state index is 11.4. The number of carbonyl (C=O) groups is 2. The van der Waals surface area contributed by atoms with Crippen LogP contribution in [0, 0.1) is 5.92 Å². The molecule has 1 heterocycles. The molecule has 1 aliphatic carbocycles. The van der Waals surface area contributed by atoms with Gasteiger partial charge >= 0.3 is 12.1 Å². The molecule has 0 aromatic heterocycles. The van der Waals surface area contributed by atoms with Crippen molar-refractivity contribution in [1.82, 2.24) is 10.6 Å². The fraction of sp³-hybridized carbons (Fsp3) is 0.474. The van der Waals surface area contributed by atoms with Gasteiger partial charge in [0.1, 0.15) is 0 Å². The zero-order valence-corrected chi connectivity index (χ0v) is 14.9. The lowest BCUT2D eigenvalue weighted by Gasteiger charge is -2.23. The maximum Gasteiger partial charge on any atom is 0.490 e. The van der Waals surface area contributed by atoms with Crippen LogP contribution in [0.1, 0.15) is 31.7 Å². The summed E-state index contributed by atoms with van der Waals surface area (Å²) in [6.07, 6.45) is 0.0777. The largest absolute Gasteiger partial charge is 0.490 e. The van der Waals surface area contributed by atoms with Gasteiger partial charge in [-0.15, -0.1) is 0 Å². The molecule has 8 heteroatoms. The number of carboxylic acid groups (broad SMARTS) is 1. The summed E-state index contributed by atoms with van der Waals surface area (Å²) in [6.45, 7) is 3.03. The van der Waals surface area contributed by atoms with Crippen molar-refractivity contribution in [1.29, 1.82) is 0 Å². The van der Waals surface area contributed by atoms with Crippen LogP contribution >= 0.6 is 0 Å². The summed E-state index contributed by atoms with van der Waals surface area (Å²) >= 11 is 0. The van der Waals surface area contributed by atoms with Crippen LogP contribution in [0.3, 0.4) is 0 Å². The van der Waals surface area contributed by atoms with E-state index in [4.69, 9.17) is 9.90 Å². The Labute approximate surface area is 155 Å². The van der Waals surface area contributed by atoms with Crippen LogP contribution in [-0.2, 0) is 9.59 Å². The highest BCUT2D eigenvalue weighted by Gasteiger charge is 2.40. The van der Waals surface area contributed by atoms with Crippen LogP contribution in [0.5, 0.6) is 0 Å². The minimum atomic E-state index is -5.08. The molecule has 1 amide bonds. The zero-order chi connectivity index (χ0) is 20.0.